The molecule has 4 nitrogen and oxygen atoms in total. The Hall–Kier alpha value is -1.39. The van der Waals surface area contributed by atoms with Gasteiger partial charge in [0.2, 0.25) is 11.8 Å². The van der Waals surface area contributed by atoms with E-state index >= 15 is 0 Å². The first kappa shape index (κ1) is 12.1. The van der Waals surface area contributed by atoms with Gasteiger partial charge in [0.1, 0.15) is 6.10 Å². The minimum Gasteiger partial charge on any atom is -0.472 e. The summed E-state index contributed by atoms with van der Waals surface area (Å²) in [4.78, 5) is 7.79. The highest BCUT2D eigenvalue weighted by atomic mass is 19.1. The largest absolute Gasteiger partial charge is 0.472 e. The summed E-state index contributed by atoms with van der Waals surface area (Å²) >= 11 is 0. The average molecular weight is 239 g/mol. The molecule has 1 heterocycles. The van der Waals surface area contributed by atoms with Gasteiger partial charge in [-0.2, -0.15) is 9.37 Å². The molecule has 0 spiro atoms. The van der Waals surface area contributed by atoms with E-state index in [1.165, 1.54) is 6.42 Å². The number of nitrogens with zero attached hydrogens (tertiary/aromatic N) is 2. The van der Waals surface area contributed by atoms with Gasteiger partial charge in [0.15, 0.2) is 0 Å². The summed E-state index contributed by atoms with van der Waals surface area (Å²) in [5.41, 5.74) is 0. The van der Waals surface area contributed by atoms with Crippen molar-refractivity contribution in [2.24, 2.45) is 5.92 Å². The fraction of sp³-hybridized carbons (Fsp3) is 0.667. The predicted molar refractivity (Wildman–Crippen MR) is 63.6 cm³/mol. The maximum absolute atomic E-state index is 13.5. The Balaban J connectivity index is 2.11. The highest BCUT2D eigenvalue weighted by Gasteiger charge is 2.24. The standard InChI is InChI=1S/C12H18FN3O/c1-8-5-3-4-6-10(8)17-11-9(13)7-15-12(14-2)16-11/h7-8,10H,3-6H2,1-2H3,(H,14,15,16). The van der Waals surface area contributed by atoms with Gasteiger partial charge in [0.25, 0.3) is 5.88 Å². The molecular weight excluding hydrogens is 221 g/mol. The third-order valence-corrected chi connectivity index (χ3v) is 3.23. The molecule has 0 amide bonds. The number of hydrogen-bond donors (Lipinski definition) is 1. The minimum atomic E-state index is -0.498. The molecule has 1 saturated carbocycles. The van der Waals surface area contributed by atoms with Crippen LogP contribution in [-0.4, -0.2) is 23.1 Å². The zero-order valence-electron chi connectivity index (χ0n) is 10.2. The molecule has 2 unspecified atom stereocenters. The molecule has 0 aliphatic heterocycles. The van der Waals surface area contributed by atoms with Crippen LogP contribution in [0.4, 0.5) is 10.3 Å². The summed E-state index contributed by atoms with van der Waals surface area (Å²) in [7, 11) is 1.69. The van der Waals surface area contributed by atoms with Crippen LogP contribution in [0.5, 0.6) is 5.88 Å². The Morgan fingerprint density at radius 2 is 2.18 bits per heavy atom. The molecule has 0 aromatic carbocycles. The Labute approximate surface area is 101 Å². The van der Waals surface area contributed by atoms with Crippen LogP contribution in [0.15, 0.2) is 6.20 Å². The van der Waals surface area contributed by atoms with E-state index in [-0.39, 0.29) is 12.0 Å². The quantitative estimate of drug-likeness (QED) is 0.880. The van der Waals surface area contributed by atoms with Crippen LogP contribution in [-0.2, 0) is 0 Å². The van der Waals surface area contributed by atoms with Crippen molar-refractivity contribution in [2.75, 3.05) is 12.4 Å². The molecule has 0 bridgehead atoms. The van der Waals surface area contributed by atoms with Crippen molar-refractivity contribution in [1.29, 1.82) is 0 Å². The topological polar surface area (TPSA) is 47.0 Å². The van der Waals surface area contributed by atoms with E-state index in [1.807, 2.05) is 0 Å². The van der Waals surface area contributed by atoms with Crippen molar-refractivity contribution in [3.05, 3.63) is 12.0 Å². The maximum Gasteiger partial charge on any atom is 0.255 e. The van der Waals surface area contributed by atoms with Crippen molar-refractivity contribution in [1.82, 2.24) is 9.97 Å². The van der Waals surface area contributed by atoms with E-state index in [4.69, 9.17) is 4.74 Å². The molecule has 94 valence electrons. The van der Waals surface area contributed by atoms with Gasteiger partial charge in [-0.05, 0) is 25.2 Å². The third kappa shape index (κ3) is 2.84. The van der Waals surface area contributed by atoms with Crippen LogP contribution in [0.3, 0.4) is 0 Å². The predicted octanol–water partition coefficient (Wildman–Crippen LogP) is 2.61. The van der Waals surface area contributed by atoms with Gasteiger partial charge in [-0.3, -0.25) is 0 Å². The van der Waals surface area contributed by atoms with Gasteiger partial charge in [0, 0.05) is 7.05 Å². The number of hydrogen-bond acceptors (Lipinski definition) is 4. The first-order chi connectivity index (χ1) is 8.20. The number of halogens is 1. The zero-order chi connectivity index (χ0) is 12.3. The van der Waals surface area contributed by atoms with Crippen LogP contribution in [0.2, 0.25) is 0 Å². The molecule has 0 saturated heterocycles. The molecule has 1 aliphatic rings. The van der Waals surface area contributed by atoms with Crippen molar-refractivity contribution < 1.29 is 9.13 Å². The van der Waals surface area contributed by atoms with E-state index in [9.17, 15) is 4.39 Å². The van der Waals surface area contributed by atoms with Crippen molar-refractivity contribution in [3.8, 4) is 5.88 Å². The highest BCUT2D eigenvalue weighted by Crippen LogP contribution is 2.28. The normalized spacial score (nSPS) is 24.4. The summed E-state index contributed by atoms with van der Waals surface area (Å²) in [6, 6.07) is 0. The lowest BCUT2D eigenvalue weighted by atomic mass is 9.88. The second kappa shape index (κ2) is 5.29. The third-order valence-electron chi connectivity index (χ3n) is 3.23. The SMILES string of the molecule is CNc1ncc(F)c(OC2CCCCC2C)n1. The van der Waals surface area contributed by atoms with E-state index in [2.05, 4.69) is 22.2 Å². The summed E-state index contributed by atoms with van der Waals surface area (Å²) in [5.74, 6) is 0.394. The molecule has 5 heteroatoms. The van der Waals surface area contributed by atoms with Crippen LogP contribution in [0.25, 0.3) is 0 Å². The van der Waals surface area contributed by atoms with Crippen LogP contribution in [0, 0.1) is 11.7 Å². The van der Waals surface area contributed by atoms with Gasteiger partial charge in [-0.15, -0.1) is 0 Å². The Morgan fingerprint density at radius 3 is 2.88 bits per heavy atom. The first-order valence-electron chi connectivity index (χ1n) is 6.07. The second-order valence-electron chi connectivity index (χ2n) is 4.51. The average Bonchev–Trinajstić information content (AvgIpc) is 2.35. The molecule has 2 atom stereocenters. The molecule has 2 rings (SSSR count). The lowest BCUT2D eigenvalue weighted by molar-refractivity contribution is 0.0927. The Bertz CT molecular complexity index is 386. The van der Waals surface area contributed by atoms with E-state index < -0.39 is 5.82 Å². The van der Waals surface area contributed by atoms with Gasteiger partial charge in [-0.1, -0.05) is 13.3 Å². The molecule has 0 radical (unpaired) electrons. The summed E-state index contributed by atoms with van der Waals surface area (Å²) < 4.78 is 19.2. The van der Waals surface area contributed by atoms with Crippen molar-refractivity contribution >= 4 is 5.95 Å². The van der Waals surface area contributed by atoms with Gasteiger partial charge >= 0.3 is 0 Å². The van der Waals surface area contributed by atoms with Gasteiger partial charge in [-0.25, -0.2) is 4.98 Å². The first-order valence-corrected chi connectivity index (χ1v) is 6.07. The van der Waals surface area contributed by atoms with Crippen LogP contribution >= 0.6 is 0 Å². The van der Waals surface area contributed by atoms with Crippen molar-refractivity contribution in [3.63, 3.8) is 0 Å². The summed E-state index contributed by atoms with van der Waals surface area (Å²) in [6.07, 6.45) is 5.69. The van der Waals surface area contributed by atoms with E-state index in [0.717, 1.165) is 25.5 Å². The number of aromatic nitrogens is 2. The monoisotopic (exact) mass is 239 g/mol. The summed E-state index contributed by atoms with van der Waals surface area (Å²) in [6.45, 7) is 2.14. The zero-order valence-corrected chi connectivity index (χ0v) is 10.2. The molecule has 1 aliphatic carbocycles. The number of nitrogens with one attached hydrogen (secondary N) is 1. The van der Waals surface area contributed by atoms with Crippen LogP contribution < -0.4 is 10.1 Å². The van der Waals surface area contributed by atoms with E-state index in [1.54, 1.807) is 7.05 Å². The minimum absolute atomic E-state index is 0.0584. The fourth-order valence-electron chi connectivity index (χ4n) is 2.16. The van der Waals surface area contributed by atoms with Gasteiger partial charge in [0.05, 0.1) is 6.20 Å². The molecule has 17 heavy (non-hydrogen) atoms. The van der Waals surface area contributed by atoms with Gasteiger partial charge < -0.3 is 10.1 Å². The lowest BCUT2D eigenvalue weighted by Crippen LogP contribution is -2.29. The molecule has 1 fully saturated rings. The highest BCUT2D eigenvalue weighted by molar-refractivity contribution is 5.27. The van der Waals surface area contributed by atoms with E-state index in [0.29, 0.717) is 11.9 Å². The molecule has 1 aromatic rings. The molecule has 1 N–H and O–H groups in total. The lowest BCUT2D eigenvalue weighted by Gasteiger charge is -2.28. The Kier molecular flexibility index (Phi) is 3.76. The number of rotatable bonds is 3. The number of anilines is 1. The fourth-order valence-corrected chi connectivity index (χ4v) is 2.16. The smallest absolute Gasteiger partial charge is 0.255 e. The van der Waals surface area contributed by atoms with Crippen LogP contribution in [0.1, 0.15) is 32.6 Å². The summed E-state index contributed by atoms with van der Waals surface area (Å²) in [5, 5.41) is 2.77. The second-order valence-corrected chi connectivity index (χ2v) is 4.51. The molecular formula is C12H18FN3O. The molecule has 1 aromatic heterocycles. The Morgan fingerprint density at radius 1 is 1.41 bits per heavy atom. The number of ether oxygens (including phenoxy) is 1. The maximum atomic E-state index is 13.5. The van der Waals surface area contributed by atoms with Crippen molar-refractivity contribution in [2.45, 2.75) is 38.7 Å².